The molecule has 1 heterocycles. The lowest BCUT2D eigenvalue weighted by molar-refractivity contribution is -0.116. The summed E-state index contributed by atoms with van der Waals surface area (Å²) in [4.78, 5) is 29.7. The average Bonchev–Trinajstić information content (AvgIpc) is 3.03. The molecule has 0 saturated carbocycles. The molecule has 1 aliphatic carbocycles. The van der Waals surface area contributed by atoms with Crippen LogP contribution in [0.5, 0.6) is 0 Å². The number of nitrogens with zero attached hydrogens (tertiary/aromatic N) is 1. The van der Waals surface area contributed by atoms with Gasteiger partial charge in [-0.15, -0.1) is 0 Å². The first-order valence-electron chi connectivity index (χ1n) is 11.7. The van der Waals surface area contributed by atoms with Gasteiger partial charge in [-0.25, -0.2) is 0 Å². The molecule has 0 saturated heterocycles. The summed E-state index contributed by atoms with van der Waals surface area (Å²) < 4.78 is 0. The third-order valence-electron chi connectivity index (χ3n) is 6.79. The zero-order valence-electron chi connectivity index (χ0n) is 18.7. The van der Waals surface area contributed by atoms with E-state index < -0.39 is 6.04 Å². The van der Waals surface area contributed by atoms with Crippen molar-refractivity contribution >= 4 is 33.8 Å². The van der Waals surface area contributed by atoms with Gasteiger partial charge in [0.15, 0.2) is 5.78 Å². The molecular weight excluding hydrogens is 420 g/mol. The Morgan fingerprint density at radius 3 is 2.41 bits per heavy atom. The van der Waals surface area contributed by atoms with Crippen LogP contribution in [0.25, 0.3) is 10.8 Å². The molecule has 0 aromatic heterocycles. The molecule has 4 heteroatoms. The van der Waals surface area contributed by atoms with Crippen molar-refractivity contribution in [1.29, 1.82) is 0 Å². The number of anilines is 2. The zero-order valence-corrected chi connectivity index (χ0v) is 18.7. The summed E-state index contributed by atoms with van der Waals surface area (Å²) in [7, 11) is 0. The summed E-state index contributed by atoms with van der Waals surface area (Å²) in [5, 5.41) is 5.45. The van der Waals surface area contributed by atoms with Crippen LogP contribution >= 0.6 is 0 Å². The number of carbonyl (C=O) groups excluding carboxylic acids is 2. The highest BCUT2D eigenvalue weighted by atomic mass is 16.2. The topological polar surface area (TPSA) is 49.4 Å². The van der Waals surface area contributed by atoms with E-state index >= 15 is 0 Å². The molecule has 4 nitrogen and oxygen atoms in total. The van der Waals surface area contributed by atoms with Crippen LogP contribution in [-0.2, 0) is 4.79 Å². The first-order chi connectivity index (χ1) is 16.7. The summed E-state index contributed by atoms with van der Waals surface area (Å²) in [6.45, 7) is 0. The lowest BCUT2D eigenvalue weighted by Crippen LogP contribution is -2.38. The molecule has 2 aliphatic rings. The maximum absolute atomic E-state index is 14.5. The minimum atomic E-state index is -0.508. The molecule has 0 fully saturated rings. The van der Waals surface area contributed by atoms with Crippen LogP contribution in [0.15, 0.2) is 108 Å². The van der Waals surface area contributed by atoms with Crippen LogP contribution in [0.1, 0.15) is 41.2 Å². The summed E-state index contributed by atoms with van der Waals surface area (Å²) >= 11 is 0. The van der Waals surface area contributed by atoms with Crippen LogP contribution in [0.2, 0.25) is 0 Å². The Balaban J connectivity index is 1.64. The van der Waals surface area contributed by atoms with Crippen molar-refractivity contribution in [3.8, 4) is 0 Å². The van der Waals surface area contributed by atoms with Crippen LogP contribution < -0.4 is 10.2 Å². The molecule has 4 aromatic rings. The van der Waals surface area contributed by atoms with E-state index in [0.29, 0.717) is 17.6 Å². The normalized spacial score (nSPS) is 17.6. The monoisotopic (exact) mass is 444 g/mol. The van der Waals surface area contributed by atoms with Gasteiger partial charge < -0.3 is 5.32 Å². The number of amides is 1. The van der Waals surface area contributed by atoms with Crippen molar-refractivity contribution in [1.82, 2.24) is 0 Å². The van der Waals surface area contributed by atoms with Gasteiger partial charge in [0.2, 0.25) is 0 Å². The quantitative estimate of drug-likeness (QED) is 0.376. The van der Waals surface area contributed by atoms with Gasteiger partial charge in [-0.1, -0.05) is 78.9 Å². The van der Waals surface area contributed by atoms with Crippen LogP contribution in [0, 0.1) is 0 Å². The minimum absolute atomic E-state index is 0.103. The van der Waals surface area contributed by atoms with E-state index in [1.807, 2.05) is 102 Å². The molecule has 4 aromatic carbocycles. The largest absolute Gasteiger partial charge is 0.357 e. The van der Waals surface area contributed by atoms with Gasteiger partial charge in [0.1, 0.15) is 0 Å². The van der Waals surface area contributed by atoms with Gasteiger partial charge in [-0.2, -0.15) is 0 Å². The van der Waals surface area contributed by atoms with Crippen molar-refractivity contribution in [2.24, 2.45) is 0 Å². The highest BCUT2D eigenvalue weighted by Gasteiger charge is 2.39. The Morgan fingerprint density at radius 1 is 0.794 bits per heavy atom. The Bertz CT molecular complexity index is 1450. The molecule has 1 amide bonds. The number of nitrogens with one attached hydrogen (secondary N) is 1. The van der Waals surface area contributed by atoms with Crippen molar-refractivity contribution < 1.29 is 9.59 Å². The Labute approximate surface area is 198 Å². The van der Waals surface area contributed by atoms with Gasteiger partial charge in [-0.3, -0.25) is 14.5 Å². The van der Waals surface area contributed by atoms with E-state index in [1.54, 1.807) is 0 Å². The summed E-state index contributed by atoms with van der Waals surface area (Å²) in [5.41, 5.74) is 4.79. The second kappa shape index (κ2) is 8.31. The van der Waals surface area contributed by atoms with E-state index in [9.17, 15) is 9.59 Å². The third kappa shape index (κ3) is 3.30. The standard InChI is InChI=1S/C30H24N2O2/c33-27-19-9-17-25-28(27)29(21-11-2-1-3-12-21)32(26-18-7-6-16-24(26)31-25)30(34)23-15-8-13-20-10-4-5-14-22(20)23/h1-8,10-16,18,29,31H,9,17,19H2. The molecule has 166 valence electrons. The SMILES string of the molecule is O=C1CCCC2=C1C(c1ccccc1)N(C(=O)c1cccc3ccccc13)c1ccccc1N2. The summed E-state index contributed by atoms with van der Waals surface area (Å²) in [6, 6.07) is 31.0. The molecule has 1 unspecified atom stereocenters. The number of Topliss-reactive ketones (excluding diaryl/α,β-unsaturated/α-hetero) is 1. The van der Waals surface area contributed by atoms with E-state index in [1.165, 1.54) is 0 Å². The van der Waals surface area contributed by atoms with Gasteiger partial charge in [0, 0.05) is 23.3 Å². The lowest BCUT2D eigenvalue weighted by atomic mass is 9.85. The maximum atomic E-state index is 14.5. The molecule has 1 atom stereocenters. The third-order valence-corrected chi connectivity index (χ3v) is 6.79. The summed E-state index contributed by atoms with van der Waals surface area (Å²) in [5.74, 6) is -0.0156. The Kier molecular flexibility index (Phi) is 4.99. The molecule has 1 aliphatic heterocycles. The number of hydrogen-bond donors (Lipinski definition) is 1. The zero-order chi connectivity index (χ0) is 23.1. The van der Waals surface area contributed by atoms with Crippen LogP contribution in [0.3, 0.4) is 0 Å². The first-order valence-corrected chi connectivity index (χ1v) is 11.7. The smallest absolute Gasteiger partial charge is 0.259 e. The fourth-order valence-electron chi connectivity index (χ4n) is 5.25. The number of fused-ring (bicyclic) bond motifs is 2. The predicted molar refractivity (Wildman–Crippen MR) is 136 cm³/mol. The van der Waals surface area contributed by atoms with E-state index in [2.05, 4.69) is 5.32 Å². The number of rotatable bonds is 2. The van der Waals surface area contributed by atoms with Gasteiger partial charge >= 0.3 is 0 Å². The number of ketones is 1. The Hall–Kier alpha value is -4.18. The highest BCUT2D eigenvalue weighted by Crippen LogP contribution is 2.45. The lowest BCUT2D eigenvalue weighted by Gasteiger charge is -2.34. The number of carbonyl (C=O) groups is 2. The van der Waals surface area contributed by atoms with Crippen LogP contribution in [-0.4, -0.2) is 11.7 Å². The van der Waals surface area contributed by atoms with Gasteiger partial charge in [-0.05, 0) is 47.4 Å². The number of benzene rings is 4. The van der Waals surface area contributed by atoms with Crippen molar-refractivity contribution in [3.05, 3.63) is 119 Å². The van der Waals surface area contributed by atoms with E-state index in [0.717, 1.165) is 46.2 Å². The second-order valence-electron chi connectivity index (χ2n) is 8.83. The molecule has 0 bridgehead atoms. The van der Waals surface area contributed by atoms with Crippen LogP contribution in [0.4, 0.5) is 11.4 Å². The average molecular weight is 445 g/mol. The highest BCUT2D eigenvalue weighted by molar-refractivity contribution is 6.17. The number of allylic oxidation sites excluding steroid dienone is 1. The minimum Gasteiger partial charge on any atom is -0.357 e. The van der Waals surface area contributed by atoms with Crippen molar-refractivity contribution in [2.45, 2.75) is 25.3 Å². The number of hydrogen-bond acceptors (Lipinski definition) is 3. The van der Waals surface area contributed by atoms with Crippen molar-refractivity contribution in [2.75, 3.05) is 10.2 Å². The molecule has 34 heavy (non-hydrogen) atoms. The van der Waals surface area contributed by atoms with Crippen molar-refractivity contribution in [3.63, 3.8) is 0 Å². The molecule has 6 rings (SSSR count). The molecule has 0 radical (unpaired) electrons. The molecule has 0 spiro atoms. The summed E-state index contributed by atoms with van der Waals surface area (Å²) in [6.07, 6.45) is 2.09. The Morgan fingerprint density at radius 2 is 1.53 bits per heavy atom. The molecule has 1 N–H and O–H groups in total. The fraction of sp³-hybridized carbons (Fsp3) is 0.133. The van der Waals surface area contributed by atoms with Gasteiger partial charge in [0.25, 0.3) is 5.91 Å². The van der Waals surface area contributed by atoms with E-state index in [4.69, 9.17) is 0 Å². The van der Waals surface area contributed by atoms with Gasteiger partial charge in [0.05, 0.1) is 17.4 Å². The maximum Gasteiger partial charge on any atom is 0.259 e. The number of para-hydroxylation sites is 2. The second-order valence-corrected chi connectivity index (χ2v) is 8.83. The van der Waals surface area contributed by atoms with E-state index in [-0.39, 0.29) is 11.7 Å². The first kappa shape index (κ1) is 20.4. The fourth-order valence-corrected chi connectivity index (χ4v) is 5.25. The predicted octanol–water partition coefficient (Wildman–Crippen LogP) is 6.66. The molecular formula is C30H24N2O2.